The normalized spacial score (nSPS) is 23.5. The standard InChI is InChI=1S/C12H20F3N3OS/c1-7(18-20(19)11(2,3)4)9-5-8(16)6-10(17-9)12(13,14)15/h5-7,9,17-18H,16H2,1-4H3/t7-,9?,20?/m1/s1. The zero-order valence-corrected chi connectivity index (χ0v) is 12.7. The summed E-state index contributed by atoms with van der Waals surface area (Å²) in [4.78, 5) is 0. The molecule has 3 atom stereocenters. The van der Waals surface area contributed by atoms with Crippen LogP contribution >= 0.6 is 0 Å². The van der Waals surface area contributed by atoms with Gasteiger partial charge in [0.05, 0.1) is 12.1 Å². The van der Waals surface area contributed by atoms with Crippen LogP contribution < -0.4 is 15.8 Å². The lowest BCUT2D eigenvalue weighted by atomic mass is 10.1. The molecule has 116 valence electrons. The van der Waals surface area contributed by atoms with E-state index in [0.29, 0.717) is 0 Å². The van der Waals surface area contributed by atoms with Crippen LogP contribution in [0, 0.1) is 0 Å². The molecule has 1 aliphatic heterocycles. The van der Waals surface area contributed by atoms with E-state index in [9.17, 15) is 17.7 Å². The summed E-state index contributed by atoms with van der Waals surface area (Å²) in [5.74, 6) is 0. The van der Waals surface area contributed by atoms with E-state index in [2.05, 4.69) is 10.0 Å². The van der Waals surface area contributed by atoms with E-state index in [1.165, 1.54) is 6.08 Å². The number of halogens is 3. The van der Waals surface area contributed by atoms with Crippen LogP contribution in [0.4, 0.5) is 13.2 Å². The molecule has 0 saturated heterocycles. The van der Waals surface area contributed by atoms with Gasteiger partial charge in [0.15, 0.2) is 0 Å². The Morgan fingerprint density at radius 3 is 2.40 bits per heavy atom. The summed E-state index contributed by atoms with van der Waals surface area (Å²) < 4.78 is 52.4. The fourth-order valence-corrected chi connectivity index (χ4v) is 2.37. The van der Waals surface area contributed by atoms with Crippen molar-refractivity contribution in [1.29, 1.82) is 0 Å². The topological polar surface area (TPSA) is 73.1 Å². The maximum absolute atomic E-state index is 12.7. The molecule has 0 aromatic carbocycles. The van der Waals surface area contributed by atoms with Gasteiger partial charge in [-0.1, -0.05) is 0 Å². The molecule has 8 heteroatoms. The highest BCUT2D eigenvalue weighted by Gasteiger charge is 2.38. The lowest BCUT2D eigenvalue weighted by Gasteiger charge is -2.32. The van der Waals surface area contributed by atoms with Crippen LogP contribution in [0.3, 0.4) is 0 Å². The van der Waals surface area contributed by atoms with Crippen LogP contribution in [-0.4, -0.2) is 27.6 Å². The number of alkyl halides is 3. The molecule has 20 heavy (non-hydrogen) atoms. The fourth-order valence-electron chi connectivity index (χ4n) is 1.54. The van der Waals surface area contributed by atoms with Gasteiger partial charge in [0.2, 0.25) is 0 Å². The Morgan fingerprint density at radius 2 is 1.95 bits per heavy atom. The Labute approximate surface area is 120 Å². The summed E-state index contributed by atoms with van der Waals surface area (Å²) in [5.41, 5.74) is 4.65. The molecule has 0 aliphatic carbocycles. The first-order valence-electron chi connectivity index (χ1n) is 6.12. The highest BCUT2D eigenvalue weighted by atomic mass is 32.2. The molecule has 0 aromatic rings. The lowest BCUT2D eigenvalue weighted by Crippen LogP contribution is -2.53. The van der Waals surface area contributed by atoms with Crippen molar-refractivity contribution in [3.63, 3.8) is 0 Å². The van der Waals surface area contributed by atoms with E-state index in [1.807, 2.05) is 0 Å². The van der Waals surface area contributed by atoms with Gasteiger partial charge in [0.1, 0.15) is 10.4 Å². The summed E-state index contributed by atoms with van der Waals surface area (Å²) in [6.07, 6.45) is -2.16. The van der Waals surface area contributed by atoms with E-state index < -0.39 is 40.1 Å². The first-order valence-corrected chi connectivity index (χ1v) is 7.27. The third kappa shape index (κ3) is 4.60. The van der Waals surface area contributed by atoms with Crippen molar-refractivity contribution in [2.24, 2.45) is 5.73 Å². The van der Waals surface area contributed by atoms with E-state index in [0.717, 1.165) is 6.08 Å². The minimum Gasteiger partial charge on any atom is -0.598 e. The van der Waals surface area contributed by atoms with Crippen molar-refractivity contribution in [1.82, 2.24) is 10.0 Å². The van der Waals surface area contributed by atoms with Crippen molar-refractivity contribution in [3.05, 3.63) is 23.5 Å². The van der Waals surface area contributed by atoms with Gasteiger partial charge in [-0.2, -0.15) is 13.2 Å². The Hall–Kier alpha value is -0.860. The van der Waals surface area contributed by atoms with Gasteiger partial charge < -0.3 is 15.6 Å². The molecular formula is C12H20F3N3OS. The monoisotopic (exact) mass is 311 g/mol. The third-order valence-electron chi connectivity index (χ3n) is 2.70. The third-order valence-corrected chi connectivity index (χ3v) is 4.40. The maximum atomic E-state index is 12.7. The zero-order chi connectivity index (χ0) is 15.7. The maximum Gasteiger partial charge on any atom is 0.431 e. The largest absolute Gasteiger partial charge is 0.598 e. The predicted octanol–water partition coefficient (Wildman–Crippen LogP) is 1.69. The Kier molecular flexibility index (Phi) is 5.04. The van der Waals surface area contributed by atoms with Crippen LogP contribution in [0.5, 0.6) is 0 Å². The number of dihydropyridines is 1. The minimum atomic E-state index is -4.49. The summed E-state index contributed by atoms with van der Waals surface area (Å²) in [6.45, 7) is 7.00. The van der Waals surface area contributed by atoms with Gasteiger partial charge in [-0.3, -0.25) is 0 Å². The molecule has 1 aliphatic rings. The first kappa shape index (κ1) is 17.2. The van der Waals surface area contributed by atoms with Crippen LogP contribution in [0.2, 0.25) is 0 Å². The summed E-state index contributed by atoms with van der Waals surface area (Å²) >= 11 is -1.37. The molecule has 4 nitrogen and oxygen atoms in total. The Morgan fingerprint density at radius 1 is 1.40 bits per heavy atom. The van der Waals surface area contributed by atoms with Gasteiger partial charge in [0.25, 0.3) is 0 Å². The number of nitrogens with two attached hydrogens (primary N) is 1. The molecule has 4 N–H and O–H groups in total. The molecule has 0 radical (unpaired) electrons. The summed E-state index contributed by atoms with van der Waals surface area (Å²) in [7, 11) is 0. The van der Waals surface area contributed by atoms with Gasteiger partial charge in [-0.05, 0) is 39.8 Å². The Bertz CT molecular complexity index is 415. The number of hydrogen-bond donors (Lipinski definition) is 3. The lowest BCUT2D eigenvalue weighted by molar-refractivity contribution is -0.0978. The SMILES string of the molecule is C[C@@H](N[S+]([O-])C(C)(C)C)C1C=C(N)C=C(C(F)(F)F)N1. The van der Waals surface area contributed by atoms with Gasteiger partial charge >= 0.3 is 6.18 Å². The first-order chi connectivity index (χ1) is 8.91. The van der Waals surface area contributed by atoms with Crippen LogP contribution in [0.15, 0.2) is 23.5 Å². The molecule has 0 aromatic heterocycles. The molecule has 0 spiro atoms. The molecule has 1 rings (SSSR count). The molecule has 1 heterocycles. The van der Waals surface area contributed by atoms with Crippen molar-refractivity contribution < 1.29 is 17.7 Å². The van der Waals surface area contributed by atoms with Gasteiger partial charge in [0, 0.05) is 17.1 Å². The zero-order valence-electron chi connectivity index (χ0n) is 11.8. The smallest absolute Gasteiger partial charge is 0.431 e. The fraction of sp³-hybridized carbons (Fsp3) is 0.667. The number of hydrogen-bond acceptors (Lipinski definition) is 4. The molecule has 0 fully saturated rings. The second kappa shape index (κ2) is 5.87. The van der Waals surface area contributed by atoms with Crippen LogP contribution in [0.1, 0.15) is 27.7 Å². The number of rotatable bonds is 3. The number of nitrogens with one attached hydrogen (secondary N) is 2. The Balaban J connectivity index is 2.77. The average Bonchev–Trinajstić information content (AvgIpc) is 2.25. The van der Waals surface area contributed by atoms with Gasteiger partial charge in [-0.15, -0.1) is 4.72 Å². The van der Waals surface area contributed by atoms with E-state index in [-0.39, 0.29) is 5.70 Å². The highest BCUT2D eigenvalue weighted by molar-refractivity contribution is 7.90. The van der Waals surface area contributed by atoms with E-state index in [4.69, 9.17) is 5.73 Å². The highest BCUT2D eigenvalue weighted by Crippen LogP contribution is 2.27. The van der Waals surface area contributed by atoms with Gasteiger partial charge in [-0.25, -0.2) is 0 Å². The summed E-state index contributed by atoms with van der Waals surface area (Å²) in [6, 6.07) is -1.15. The number of allylic oxidation sites excluding steroid dienone is 2. The molecule has 0 saturated carbocycles. The van der Waals surface area contributed by atoms with Crippen molar-refractivity contribution in [2.45, 2.75) is 50.7 Å². The minimum absolute atomic E-state index is 0.0382. The van der Waals surface area contributed by atoms with Crippen molar-refractivity contribution in [2.75, 3.05) is 0 Å². The van der Waals surface area contributed by atoms with E-state index in [1.54, 1.807) is 27.7 Å². The molecule has 0 bridgehead atoms. The van der Waals surface area contributed by atoms with E-state index >= 15 is 0 Å². The van der Waals surface area contributed by atoms with Crippen molar-refractivity contribution >= 4 is 11.4 Å². The molecule has 2 unspecified atom stereocenters. The molecule has 0 amide bonds. The second-order valence-corrected chi connectivity index (χ2v) is 7.68. The van der Waals surface area contributed by atoms with Crippen LogP contribution in [-0.2, 0) is 11.4 Å². The predicted molar refractivity (Wildman–Crippen MR) is 73.8 cm³/mol. The summed E-state index contributed by atoms with van der Waals surface area (Å²) in [5, 5.41) is 2.36. The van der Waals surface area contributed by atoms with Crippen molar-refractivity contribution in [3.8, 4) is 0 Å². The average molecular weight is 311 g/mol. The quantitative estimate of drug-likeness (QED) is 0.694. The molecular weight excluding hydrogens is 291 g/mol. The van der Waals surface area contributed by atoms with Crippen LogP contribution in [0.25, 0.3) is 0 Å². The second-order valence-electron chi connectivity index (χ2n) is 5.68.